The number of halogens is 1. The lowest BCUT2D eigenvalue weighted by atomic mass is 10.2. The quantitative estimate of drug-likeness (QED) is 0.893. The zero-order chi connectivity index (χ0) is 12.4. The number of aromatic nitrogens is 1. The van der Waals surface area contributed by atoms with Crippen LogP contribution in [0.1, 0.15) is 16.1 Å². The topological polar surface area (TPSA) is 75.4 Å². The number of anilines is 1. The highest BCUT2D eigenvalue weighted by atomic mass is 79.9. The van der Waals surface area contributed by atoms with Gasteiger partial charge in [0.05, 0.1) is 5.56 Å². The molecule has 0 bridgehead atoms. The van der Waals surface area contributed by atoms with Crippen molar-refractivity contribution in [2.24, 2.45) is 0 Å². The Labute approximate surface area is 106 Å². The fourth-order valence-electron chi connectivity index (χ4n) is 1.31. The molecule has 0 atom stereocenters. The molecule has 0 unspecified atom stereocenters. The predicted molar refractivity (Wildman–Crippen MR) is 65.0 cm³/mol. The Morgan fingerprint density at radius 2 is 2.24 bits per heavy atom. The number of amides is 1. The maximum Gasteiger partial charge on any atom is 0.260 e. The van der Waals surface area contributed by atoms with E-state index in [1.165, 1.54) is 12.1 Å². The maximum absolute atomic E-state index is 11.8. The van der Waals surface area contributed by atoms with Crippen LogP contribution < -0.4 is 5.32 Å². The van der Waals surface area contributed by atoms with E-state index in [2.05, 4.69) is 26.4 Å². The smallest absolute Gasteiger partial charge is 0.260 e. The van der Waals surface area contributed by atoms with Crippen LogP contribution in [-0.4, -0.2) is 16.2 Å². The van der Waals surface area contributed by atoms with E-state index in [0.29, 0.717) is 16.1 Å². The van der Waals surface area contributed by atoms with E-state index in [1.807, 2.05) is 0 Å². The van der Waals surface area contributed by atoms with Crippen molar-refractivity contribution in [3.63, 3.8) is 0 Å². The van der Waals surface area contributed by atoms with Crippen LogP contribution in [0.2, 0.25) is 0 Å². The fourth-order valence-corrected chi connectivity index (χ4v) is 1.65. The number of nitrogens with zero attached hydrogens (tertiary/aromatic N) is 1. The number of carbonyl (C=O) groups excluding carboxylic acids is 1. The first-order chi connectivity index (χ1) is 8.06. The number of hydrogen-bond acceptors (Lipinski definition) is 4. The highest BCUT2D eigenvalue weighted by Crippen LogP contribution is 2.23. The van der Waals surface area contributed by atoms with Gasteiger partial charge in [-0.25, -0.2) is 0 Å². The summed E-state index contributed by atoms with van der Waals surface area (Å²) in [6, 6.07) is 6.22. The number of nitrogens with one attached hydrogen (secondary N) is 1. The Kier molecular flexibility index (Phi) is 3.14. The van der Waals surface area contributed by atoms with Crippen LogP contribution >= 0.6 is 15.9 Å². The minimum Gasteiger partial charge on any atom is -0.507 e. The lowest BCUT2D eigenvalue weighted by Crippen LogP contribution is -2.12. The molecule has 0 fully saturated rings. The molecule has 17 heavy (non-hydrogen) atoms. The molecule has 2 rings (SSSR count). The first-order valence-corrected chi connectivity index (χ1v) is 5.59. The summed E-state index contributed by atoms with van der Waals surface area (Å²) in [5.41, 5.74) is 0.175. The van der Waals surface area contributed by atoms with Gasteiger partial charge >= 0.3 is 0 Å². The van der Waals surface area contributed by atoms with Crippen LogP contribution in [0.15, 0.2) is 33.3 Å². The van der Waals surface area contributed by atoms with Gasteiger partial charge in [0, 0.05) is 10.5 Å². The number of benzene rings is 1. The summed E-state index contributed by atoms with van der Waals surface area (Å²) in [4.78, 5) is 11.8. The highest BCUT2D eigenvalue weighted by molar-refractivity contribution is 9.10. The lowest BCUT2D eigenvalue weighted by molar-refractivity contribution is 0.102. The molecule has 1 heterocycles. The van der Waals surface area contributed by atoms with Gasteiger partial charge in [-0.1, -0.05) is 21.1 Å². The summed E-state index contributed by atoms with van der Waals surface area (Å²) in [5, 5.41) is 15.8. The normalized spacial score (nSPS) is 10.2. The zero-order valence-electron chi connectivity index (χ0n) is 8.90. The molecule has 6 heteroatoms. The summed E-state index contributed by atoms with van der Waals surface area (Å²) in [6.07, 6.45) is 0. The Hall–Kier alpha value is -1.82. The minimum atomic E-state index is -0.441. The average molecular weight is 297 g/mol. The first-order valence-electron chi connectivity index (χ1n) is 4.79. The van der Waals surface area contributed by atoms with E-state index in [4.69, 9.17) is 4.52 Å². The van der Waals surface area contributed by atoms with Crippen molar-refractivity contribution in [2.75, 3.05) is 5.32 Å². The molecule has 0 aliphatic carbocycles. The SMILES string of the molecule is Cc1cc(NC(=O)c2ccc(Br)cc2O)no1. The molecular weight excluding hydrogens is 288 g/mol. The highest BCUT2D eigenvalue weighted by Gasteiger charge is 2.13. The molecule has 0 radical (unpaired) electrons. The van der Waals surface area contributed by atoms with Crippen LogP contribution in [0, 0.1) is 6.92 Å². The predicted octanol–water partition coefficient (Wildman–Crippen LogP) is 2.70. The van der Waals surface area contributed by atoms with Crippen LogP contribution in [0.25, 0.3) is 0 Å². The van der Waals surface area contributed by atoms with E-state index >= 15 is 0 Å². The van der Waals surface area contributed by atoms with Gasteiger partial charge in [-0.05, 0) is 25.1 Å². The van der Waals surface area contributed by atoms with Crippen molar-refractivity contribution < 1.29 is 14.4 Å². The van der Waals surface area contributed by atoms with Gasteiger partial charge in [-0.15, -0.1) is 0 Å². The summed E-state index contributed by atoms with van der Waals surface area (Å²) in [6.45, 7) is 1.72. The Bertz CT molecular complexity index is 566. The van der Waals surface area contributed by atoms with Crippen LogP contribution in [-0.2, 0) is 0 Å². The molecule has 0 saturated carbocycles. The van der Waals surface area contributed by atoms with Crippen LogP contribution in [0.5, 0.6) is 5.75 Å². The molecule has 1 aromatic carbocycles. The van der Waals surface area contributed by atoms with E-state index in [0.717, 1.165) is 0 Å². The van der Waals surface area contributed by atoms with E-state index in [9.17, 15) is 9.90 Å². The summed E-state index contributed by atoms with van der Waals surface area (Å²) >= 11 is 3.20. The van der Waals surface area contributed by atoms with Gasteiger partial charge in [-0.2, -0.15) is 0 Å². The molecule has 2 aromatic rings. The third kappa shape index (κ3) is 2.65. The third-order valence-electron chi connectivity index (χ3n) is 2.07. The maximum atomic E-state index is 11.8. The summed E-state index contributed by atoms with van der Waals surface area (Å²) in [7, 11) is 0. The van der Waals surface area contributed by atoms with Crippen LogP contribution in [0.3, 0.4) is 0 Å². The molecule has 0 aliphatic heterocycles. The van der Waals surface area contributed by atoms with Gasteiger partial charge in [0.15, 0.2) is 5.82 Å². The molecule has 1 aromatic heterocycles. The Morgan fingerprint density at radius 3 is 2.82 bits per heavy atom. The summed E-state index contributed by atoms with van der Waals surface area (Å²) in [5.74, 6) is 0.371. The number of hydrogen-bond donors (Lipinski definition) is 2. The second-order valence-electron chi connectivity index (χ2n) is 3.44. The second-order valence-corrected chi connectivity index (χ2v) is 4.35. The third-order valence-corrected chi connectivity index (χ3v) is 2.57. The minimum absolute atomic E-state index is 0.0999. The molecule has 0 saturated heterocycles. The van der Waals surface area contributed by atoms with E-state index < -0.39 is 5.91 Å². The van der Waals surface area contributed by atoms with Crippen molar-refractivity contribution >= 4 is 27.7 Å². The van der Waals surface area contributed by atoms with Crippen LogP contribution in [0.4, 0.5) is 5.82 Å². The van der Waals surface area contributed by atoms with Crippen molar-refractivity contribution in [2.45, 2.75) is 6.92 Å². The number of phenolic OH excluding ortho intramolecular Hbond substituents is 1. The van der Waals surface area contributed by atoms with Gasteiger partial charge in [0.25, 0.3) is 5.91 Å². The number of rotatable bonds is 2. The lowest BCUT2D eigenvalue weighted by Gasteiger charge is -2.04. The number of phenols is 1. The molecule has 0 aliphatic rings. The summed E-state index contributed by atoms with van der Waals surface area (Å²) < 4.78 is 5.51. The van der Waals surface area contributed by atoms with Crippen molar-refractivity contribution in [1.82, 2.24) is 5.16 Å². The Morgan fingerprint density at radius 1 is 1.47 bits per heavy atom. The fraction of sp³-hybridized carbons (Fsp3) is 0.0909. The zero-order valence-corrected chi connectivity index (χ0v) is 10.5. The molecular formula is C11H9BrN2O3. The van der Waals surface area contributed by atoms with Gasteiger partial charge in [0.2, 0.25) is 0 Å². The van der Waals surface area contributed by atoms with Gasteiger partial charge in [-0.3, -0.25) is 4.79 Å². The van der Waals surface area contributed by atoms with E-state index in [1.54, 1.807) is 19.1 Å². The number of aromatic hydroxyl groups is 1. The molecule has 1 amide bonds. The van der Waals surface area contributed by atoms with Gasteiger partial charge in [0.1, 0.15) is 11.5 Å². The molecule has 5 nitrogen and oxygen atoms in total. The second kappa shape index (κ2) is 4.58. The largest absolute Gasteiger partial charge is 0.507 e. The van der Waals surface area contributed by atoms with Crippen molar-refractivity contribution in [3.05, 3.63) is 40.1 Å². The number of carbonyl (C=O) groups is 1. The standard InChI is InChI=1S/C11H9BrN2O3/c1-6-4-10(14-17-6)13-11(16)8-3-2-7(12)5-9(8)15/h2-5,15H,1H3,(H,13,14,16). The van der Waals surface area contributed by atoms with Gasteiger partial charge < -0.3 is 14.9 Å². The van der Waals surface area contributed by atoms with Crippen molar-refractivity contribution in [1.29, 1.82) is 0 Å². The average Bonchev–Trinajstić information content (AvgIpc) is 2.63. The monoisotopic (exact) mass is 296 g/mol. The van der Waals surface area contributed by atoms with Crippen molar-refractivity contribution in [3.8, 4) is 5.75 Å². The number of aryl methyl sites for hydroxylation is 1. The molecule has 2 N–H and O–H groups in total. The molecule has 88 valence electrons. The van der Waals surface area contributed by atoms with E-state index in [-0.39, 0.29) is 11.3 Å². The first kappa shape index (κ1) is 11.7. The molecule has 0 spiro atoms. The Balaban J connectivity index is 2.20.